The normalized spacial score (nSPS) is 10.0. The molecule has 0 amide bonds. The van der Waals surface area contributed by atoms with Crippen LogP contribution in [0.5, 0.6) is 11.5 Å². The first-order valence-corrected chi connectivity index (χ1v) is 6.67. The summed E-state index contributed by atoms with van der Waals surface area (Å²) in [5.74, 6) is 0.305. The van der Waals surface area contributed by atoms with Crippen LogP contribution in [0, 0.1) is 0 Å². The molecule has 0 radical (unpaired) electrons. The highest BCUT2D eigenvalue weighted by molar-refractivity contribution is 5.99. The standard InChI is InChI=1S/C17H16O4/c1-3-20-14-10-8-13(9-11-14)17(19)21-16-7-5-4-6-15(16)12(2)18/h4-11H,3H2,1-2H3. The maximum atomic E-state index is 12.1. The van der Waals surface area contributed by atoms with Crippen LogP contribution in [0.3, 0.4) is 0 Å². The molecule has 21 heavy (non-hydrogen) atoms. The lowest BCUT2D eigenvalue weighted by Crippen LogP contribution is -2.10. The highest BCUT2D eigenvalue weighted by Gasteiger charge is 2.13. The Morgan fingerprint density at radius 1 is 1.00 bits per heavy atom. The predicted molar refractivity (Wildman–Crippen MR) is 79.0 cm³/mol. The van der Waals surface area contributed by atoms with E-state index in [1.807, 2.05) is 6.92 Å². The topological polar surface area (TPSA) is 52.6 Å². The Balaban J connectivity index is 2.16. The van der Waals surface area contributed by atoms with E-state index >= 15 is 0 Å². The molecule has 0 bridgehead atoms. The fourth-order valence-corrected chi connectivity index (χ4v) is 1.86. The Hall–Kier alpha value is -2.62. The minimum absolute atomic E-state index is 0.148. The van der Waals surface area contributed by atoms with Gasteiger partial charge in [0.15, 0.2) is 5.78 Å². The van der Waals surface area contributed by atoms with Crippen LogP contribution in [-0.4, -0.2) is 18.4 Å². The van der Waals surface area contributed by atoms with Crippen molar-refractivity contribution in [1.82, 2.24) is 0 Å². The summed E-state index contributed by atoms with van der Waals surface area (Å²) in [6.45, 7) is 3.89. The molecule has 0 spiro atoms. The lowest BCUT2D eigenvalue weighted by Gasteiger charge is -2.08. The molecule has 108 valence electrons. The summed E-state index contributed by atoms with van der Waals surface area (Å²) in [7, 11) is 0. The molecule has 2 aromatic rings. The van der Waals surface area contributed by atoms with Crippen LogP contribution in [0.2, 0.25) is 0 Å². The van der Waals surface area contributed by atoms with Crippen LogP contribution in [0.25, 0.3) is 0 Å². The Bertz CT molecular complexity index is 644. The Morgan fingerprint density at radius 3 is 2.29 bits per heavy atom. The van der Waals surface area contributed by atoms with Crippen LogP contribution in [-0.2, 0) is 0 Å². The number of hydrogen-bond donors (Lipinski definition) is 0. The van der Waals surface area contributed by atoms with Gasteiger partial charge in [0.2, 0.25) is 0 Å². The highest BCUT2D eigenvalue weighted by Crippen LogP contribution is 2.20. The van der Waals surface area contributed by atoms with Crippen molar-refractivity contribution >= 4 is 11.8 Å². The summed E-state index contributed by atoms with van der Waals surface area (Å²) in [5.41, 5.74) is 0.786. The second-order valence-corrected chi connectivity index (χ2v) is 4.40. The van der Waals surface area contributed by atoms with E-state index in [1.165, 1.54) is 6.92 Å². The van der Waals surface area contributed by atoms with E-state index in [0.717, 1.165) is 0 Å². The monoisotopic (exact) mass is 284 g/mol. The number of para-hydroxylation sites is 1. The highest BCUT2D eigenvalue weighted by atomic mass is 16.5. The average Bonchev–Trinajstić information content (AvgIpc) is 2.48. The maximum absolute atomic E-state index is 12.1. The van der Waals surface area contributed by atoms with Crippen molar-refractivity contribution in [3.63, 3.8) is 0 Å². The van der Waals surface area contributed by atoms with Gasteiger partial charge in [-0.05, 0) is 50.2 Å². The number of hydrogen-bond acceptors (Lipinski definition) is 4. The molecule has 4 nitrogen and oxygen atoms in total. The Labute approximate surface area is 123 Å². The van der Waals surface area contributed by atoms with E-state index in [1.54, 1.807) is 48.5 Å². The van der Waals surface area contributed by atoms with Crippen LogP contribution < -0.4 is 9.47 Å². The van der Waals surface area contributed by atoms with Gasteiger partial charge in [0.25, 0.3) is 0 Å². The number of Topliss-reactive ketones (excluding diaryl/α,β-unsaturated/α-hetero) is 1. The first-order chi connectivity index (χ1) is 10.1. The van der Waals surface area contributed by atoms with Crippen molar-refractivity contribution < 1.29 is 19.1 Å². The number of rotatable bonds is 5. The number of carbonyl (C=O) groups is 2. The molecule has 0 aliphatic heterocycles. The van der Waals surface area contributed by atoms with E-state index in [4.69, 9.17) is 9.47 Å². The molecular formula is C17H16O4. The third-order valence-electron chi connectivity index (χ3n) is 2.87. The molecule has 0 fully saturated rings. The second-order valence-electron chi connectivity index (χ2n) is 4.40. The van der Waals surface area contributed by atoms with Crippen LogP contribution >= 0.6 is 0 Å². The molecule has 0 aromatic heterocycles. The van der Waals surface area contributed by atoms with Crippen molar-refractivity contribution in [1.29, 1.82) is 0 Å². The zero-order chi connectivity index (χ0) is 15.2. The lowest BCUT2D eigenvalue weighted by atomic mass is 10.1. The van der Waals surface area contributed by atoms with Gasteiger partial charge in [0.1, 0.15) is 11.5 Å². The summed E-state index contributed by atoms with van der Waals surface area (Å²) in [6.07, 6.45) is 0. The van der Waals surface area contributed by atoms with E-state index < -0.39 is 5.97 Å². The number of esters is 1. The Kier molecular flexibility index (Phi) is 4.72. The van der Waals surface area contributed by atoms with E-state index in [-0.39, 0.29) is 11.5 Å². The van der Waals surface area contributed by atoms with E-state index in [2.05, 4.69) is 0 Å². The van der Waals surface area contributed by atoms with Crippen LogP contribution in [0.1, 0.15) is 34.6 Å². The average molecular weight is 284 g/mol. The number of benzene rings is 2. The zero-order valence-corrected chi connectivity index (χ0v) is 12.0. The first-order valence-electron chi connectivity index (χ1n) is 6.67. The zero-order valence-electron chi connectivity index (χ0n) is 12.0. The summed E-state index contributed by atoms with van der Waals surface area (Å²) >= 11 is 0. The molecule has 4 heteroatoms. The summed E-state index contributed by atoms with van der Waals surface area (Å²) < 4.78 is 10.6. The molecule has 0 saturated heterocycles. The van der Waals surface area contributed by atoms with Crippen molar-refractivity contribution in [3.05, 3.63) is 59.7 Å². The van der Waals surface area contributed by atoms with E-state index in [9.17, 15) is 9.59 Å². The summed E-state index contributed by atoms with van der Waals surface area (Å²) in [5, 5.41) is 0. The van der Waals surface area contributed by atoms with Gasteiger partial charge >= 0.3 is 5.97 Å². The number of ether oxygens (including phenoxy) is 2. The fraction of sp³-hybridized carbons (Fsp3) is 0.176. The quantitative estimate of drug-likeness (QED) is 0.479. The molecule has 0 heterocycles. The van der Waals surface area contributed by atoms with Crippen molar-refractivity contribution in [2.75, 3.05) is 6.61 Å². The minimum atomic E-state index is -0.508. The third-order valence-corrected chi connectivity index (χ3v) is 2.87. The van der Waals surface area contributed by atoms with Crippen LogP contribution in [0.15, 0.2) is 48.5 Å². The van der Waals surface area contributed by atoms with Gasteiger partial charge in [-0.25, -0.2) is 4.79 Å². The molecule has 0 aliphatic rings. The molecular weight excluding hydrogens is 268 g/mol. The summed E-state index contributed by atoms with van der Waals surface area (Å²) in [4.78, 5) is 23.6. The molecule has 0 N–H and O–H groups in total. The largest absolute Gasteiger partial charge is 0.494 e. The maximum Gasteiger partial charge on any atom is 0.343 e. The minimum Gasteiger partial charge on any atom is -0.494 e. The third kappa shape index (κ3) is 3.69. The lowest BCUT2D eigenvalue weighted by molar-refractivity contribution is 0.0733. The van der Waals surface area contributed by atoms with Crippen molar-refractivity contribution in [3.8, 4) is 11.5 Å². The van der Waals surface area contributed by atoms with Gasteiger partial charge in [-0.3, -0.25) is 4.79 Å². The van der Waals surface area contributed by atoms with Gasteiger partial charge < -0.3 is 9.47 Å². The molecule has 0 aliphatic carbocycles. The molecule has 2 aromatic carbocycles. The predicted octanol–water partition coefficient (Wildman–Crippen LogP) is 3.51. The fourth-order valence-electron chi connectivity index (χ4n) is 1.86. The molecule has 0 unspecified atom stereocenters. The number of ketones is 1. The molecule has 0 saturated carbocycles. The summed E-state index contributed by atoms with van der Waals surface area (Å²) in [6, 6.07) is 13.3. The SMILES string of the molecule is CCOc1ccc(C(=O)Oc2ccccc2C(C)=O)cc1. The number of carbonyl (C=O) groups excluding carboxylic acids is 2. The van der Waals surface area contributed by atoms with Gasteiger partial charge in [-0.15, -0.1) is 0 Å². The second kappa shape index (κ2) is 6.70. The van der Waals surface area contributed by atoms with Crippen molar-refractivity contribution in [2.45, 2.75) is 13.8 Å². The van der Waals surface area contributed by atoms with Gasteiger partial charge in [0, 0.05) is 0 Å². The smallest absolute Gasteiger partial charge is 0.343 e. The van der Waals surface area contributed by atoms with E-state index in [0.29, 0.717) is 23.5 Å². The van der Waals surface area contributed by atoms with Gasteiger partial charge in [-0.2, -0.15) is 0 Å². The molecule has 0 atom stereocenters. The van der Waals surface area contributed by atoms with Gasteiger partial charge in [0.05, 0.1) is 17.7 Å². The Morgan fingerprint density at radius 2 is 1.67 bits per heavy atom. The molecule has 2 rings (SSSR count). The van der Waals surface area contributed by atoms with Crippen molar-refractivity contribution in [2.24, 2.45) is 0 Å². The first kappa shape index (κ1) is 14.8. The van der Waals surface area contributed by atoms with Crippen LogP contribution in [0.4, 0.5) is 0 Å². The van der Waals surface area contributed by atoms with Gasteiger partial charge in [-0.1, -0.05) is 12.1 Å².